The van der Waals surface area contributed by atoms with Crippen molar-refractivity contribution in [3.05, 3.63) is 34.9 Å². The third-order valence-electron chi connectivity index (χ3n) is 3.63. The van der Waals surface area contributed by atoms with Crippen molar-refractivity contribution in [1.29, 1.82) is 0 Å². The number of aryl methyl sites for hydroxylation is 2. The lowest BCUT2D eigenvalue weighted by molar-refractivity contribution is 0.327. The zero-order valence-corrected chi connectivity index (χ0v) is 12.9. The van der Waals surface area contributed by atoms with Crippen molar-refractivity contribution in [2.45, 2.75) is 66.3 Å². The number of hydrogen-bond donors (Lipinski definition) is 1. The molecule has 0 saturated carbocycles. The van der Waals surface area contributed by atoms with Gasteiger partial charge in [-0.2, -0.15) is 0 Å². The van der Waals surface area contributed by atoms with Gasteiger partial charge in [0.1, 0.15) is 0 Å². The molecule has 0 aliphatic rings. The quantitative estimate of drug-likeness (QED) is 0.820. The summed E-state index contributed by atoms with van der Waals surface area (Å²) in [6.45, 7) is 13.3. The Hall–Kier alpha value is -0.820. The molecule has 1 aromatic carbocycles. The molecule has 0 aromatic heterocycles. The van der Waals surface area contributed by atoms with E-state index in [-0.39, 0.29) is 5.54 Å². The lowest BCUT2D eigenvalue weighted by Gasteiger charge is -2.29. The largest absolute Gasteiger partial charge is 0.322 e. The zero-order valence-electron chi connectivity index (χ0n) is 12.9. The molecule has 0 aliphatic carbocycles. The molecule has 2 N–H and O–H groups in total. The highest BCUT2D eigenvalue weighted by Gasteiger charge is 2.23. The molecule has 18 heavy (non-hydrogen) atoms. The topological polar surface area (TPSA) is 26.0 Å². The summed E-state index contributed by atoms with van der Waals surface area (Å²) in [5.74, 6) is 0. The van der Waals surface area contributed by atoms with E-state index in [2.05, 4.69) is 59.7 Å². The van der Waals surface area contributed by atoms with Gasteiger partial charge in [0.05, 0.1) is 0 Å². The normalized spacial score (nSPS) is 15.5. The van der Waals surface area contributed by atoms with Crippen LogP contribution < -0.4 is 5.73 Å². The Morgan fingerprint density at radius 1 is 1.00 bits per heavy atom. The maximum Gasteiger partial charge on any atom is 0.0383 e. The summed E-state index contributed by atoms with van der Waals surface area (Å²) in [4.78, 5) is 0. The first-order chi connectivity index (χ1) is 8.12. The fourth-order valence-corrected chi connectivity index (χ4v) is 2.47. The molecule has 102 valence electrons. The van der Waals surface area contributed by atoms with Gasteiger partial charge in [0.25, 0.3) is 0 Å². The Morgan fingerprint density at radius 3 is 2.17 bits per heavy atom. The molecule has 0 amide bonds. The highest BCUT2D eigenvalue weighted by molar-refractivity contribution is 5.35. The summed E-state index contributed by atoms with van der Waals surface area (Å²) in [5.41, 5.74) is 10.6. The van der Waals surface area contributed by atoms with Crippen LogP contribution >= 0.6 is 0 Å². The van der Waals surface area contributed by atoms with Crippen LogP contribution in [0.15, 0.2) is 18.2 Å². The van der Waals surface area contributed by atoms with Crippen LogP contribution in [0.25, 0.3) is 0 Å². The third kappa shape index (κ3) is 4.45. The molecule has 0 saturated heterocycles. The molecule has 0 spiro atoms. The van der Waals surface area contributed by atoms with Crippen molar-refractivity contribution in [2.24, 2.45) is 11.1 Å². The molecule has 0 radical (unpaired) electrons. The van der Waals surface area contributed by atoms with Crippen LogP contribution in [0.4, 0.5) is 0 Å². The first kappa shape index (κ1) is 15.2. The molecule has 1 aromatic rings. The van der Waals surface area contributed by atoms with Gasteiger partial charge in [-0.05, 0) is 50.2 Å². The van der Waals surface area contributed by atoms with E-state index in [1.54, 1.807) is 0 Å². The first-order valence-electron chi connectivity index (χ1n) is 6.98. The Bertz CT molecular complexity index is 397. The summed E-state index contributed by atoms with van der Waals surface area (Å²) < 4.78 is 0. The standard InChI is InChI=1S/C17H29N/c1-13-8-9-14(2)15(12-13)17(6,18)11-7-10-16(3,4)5/h8-9,12H,7,10-11,18H2,1-6H3. The summed E-state index contributed by atoms with van der Waals surface area (Å²) in [6, 6.07) is 6.58. The predicted octanol–water partition coefficient (Wildman–Crippen LogP) is 4.69. The number of nitrogens with two attached hydrogens (primary N) is 1. The van der Waals surface area contributed by atoms with E-state index in [0.29, 0.717) is 5.41 Å². The SMILES string of the molecule is Cc1ccc(C)c(C(C)(N)CCCC(C)(C)C)c1. The van der Waals surface area contributed by atoms with Gasteiger partial charge >= 0.3 is 0 Å². The molecule has 0 fully saturated rings. The number of benzene rings is 1. The summed E-state index contributed by atoms with van der Waals surface area (Å²) in [5, 5.41) is 0. The van der Waals surface area contributed by atoms with Gasteiger partial charge in [-0.15, -0.1) is 0 Å². The van der Waals surface area contributed by atoms with E-state index >= 15 is 0 Å². The minimum absolute atomic E-state index is 0.207. The van der Waals surface area contributed by atoms with Crippen LogP contribution in [0, 0.1) is 19.3 Å². The van der Waals surface area contributed by atoms with Crippen LogP contribution in [0.5, 0.6) is 0 Å². The molecule has 1 nitrogen and oxygen atoms in total. The van der Waals surface area contributed by atoms with Crippen LogP contribution in [-0.2, 0) is 5.54 Å². The average Bonchev–Trinajstić information content (AvgIpc) is 2.19. The lowest BCUT2D eigenvalue weighted by Crippen LogP contribution is -2.34. The first-order valence-corrected chi connectivity index (χ1v) is 6.98. The molecule has 1 rings (SSSR count). The second-order valence-electron chi connectivity index (χ2n) is 7.15. The molecule has 1 unspecified atom stereocenters. The zero-order chi connectivity index (χ0) is 14.0. The Morgan fingerprint density at radius 2 is 1.61 bits per heavy atom. The molecule has 0 bridgehead atoms. The fraction of sp³-hybridized carbons (Fsp3) is 0.647. The van der Waals surface area contributed by atoms with E-state index in [1.165, 1.54) is 29.5 Å². The summed E-state index contributed by atoms with van der Waals surface area (Å²) in [6.07, 6.45) is 3.46. The maximum atomic E-state index is 6.54. The fourth-order valence-electron chi connectivity index (χ4n) is 2.47. The van der Waals surface area contributed by atoms with Gasteiger partial charge in [-0.3, -0.25) is 0 Å². The smallest absolute Gasteiger partial charge is 0.0383 e. The average molecular weight is 247 g/mol. The van der Waals surface area contributed by atoms with Gasteiger partial charge in [0.15, 0.2) is 0 Å². The van der Waals surface area contributed by atoms with Crippen molar-refractivity contribution in [3.8, 4) is 0 Å². The summed E-state index contributed by atoms with van der Waals surface area (Å²) >= 11 is 0. The molecule has 0 heterocycles. The van der Waals surface area contributed by atoms with Gasteiger partial charge in [0, 0.05) is 5.54 Å². The van der Waals surface area contributed by atoms with E-state index in [0.717, 1.165) is 6.42 Å². The van der Waals surface area contributed by atoms with Crippen LogP contribution in [-0.4, -0.2) is 0 Å². The Balaban J connectivity index is 2.76. The van der Waals surface area contributed by atoms with E-state index < -0.39 is 0 Å². The maximum absolute atomic E-state index is 6.54. The van der Waals surface area contributed by atoms with Crippen LogP contribution in [0.1, 0.15) is 63.6 Å². The third-order valence-corrected chi connectivity index (χ3v) is 3.63. The van der Waals surface area contributed by atoms with Gasteiger partial charge < -0.3 is 5.73 Å². The lowest BCUT2D eigenvalue weighted by atomic mass is 9.81. The van der Waals surface area contributed by atoms with Crippen LogP contribution in [0.3, 0.4) is 0 Å². The Kier molecular flexibility index (Phi) is 4.61. The van der Waals surface area contributed by atoms with Crippen LogP contribution in [0.2, 0.25) is 0 Å². The molecule has 1 atom stereocenters. The molecular formula is C17H29N. The van der Waals surface area contributed by atoms with Crippen molar-refractivity contribution < 1.29 is 0 Å². The minimum Gasteiger partial charge on any atom is -0.322 e. The monoisotopic (exact) mass is 247 g/mol. The van der Waals surface area contributed by atoms with Crippen molar-refractivity contribution in [3.63, 3.8) is 0 Å². The van der Waals surface area contributed by atoms with Gasteiger partial charge in [-0.1, -0.05) is 51.0 Å². The predicted molar refractivity (Wildman–Crippen MR) is 80.8 cm³/mol. The van der Waals surface area contributed by atoms with Gasteiger partial charge in [0.2, 0.25) is 0 Å². The van der Waals surface area contributed by atoms with Crippen molar-refractivity contribution in [2.75, 3.05) is 0 Å². The molecule has 1 heteroatoms. The second kappa shape index (κ2) is 5.44. The molecular weight excluding hydrogens is 218 g/mol. The second-order valence-corrected chi connectivity index (χ2v) is 7.15. The van der Waals surface area contributed by atoms with E-state index in [1.807, 2.05) is 0 Å². The number of hydrogen-bond acceptors (Lipinski definition) is 1. The minimum atomic E-state index is -0.207. The molecule has 0 aliphatic heterocycles. The van der Waals surface area contributed by atoms with Crippen molar-refractivity contribution >= 4 is 0 Å². The van der Waals surface area contributed by atoms with Crippen molar-refractivity contribution in [1.82, 2.24) is 0 Å². The van der Waals surface area contributed by atoms with E-state index in [9.17, 15) is 0 Å². The highest BCUT2D eigenvalue weighted by Crippen LogP contribution is 2.30. The Labute approximate surface area is 113 Å². The van der Waals surface area contributed by atoms with Gasteiger partial charge in [-0.25, -0.2) is 0 Å². The van der Waals surface area contributed by atoms with E-state index in [4.69, 9.17) is 5.73 Å². The highest BCUT2D eigenvalue weighted by atomic mass is 14.7. The number of rotatable bonds is 4. The summed E-state index contributed by atoms with van der Waals surface area (Å²) in [7, 11) is 0.